The number of likely N-dealkylation sites (tertiary alicyclic amines) is 1. The molecule has 1 fully saturated rings. The number of carbonyl (C=O) groups excluding carboxylic acids is 2. The number of anilines is 1. The molecule has 1 heterocycles. The molecule has 0 spiro atoms. The summed E-state index contributed by atoms with van der Waals surface area (Å²) in [5, 5.41) is 10.3. The van der Waals surface area contributed by atoms with Gasteiger partial charge in [0.05, 0.1) is 13.0 Å². The molecule has 1 unspecified atom stereocenters. The van der Waals surface area contributed by atoms with Gasteiger partial charge < -0.3 is 10.0 Å². The predicted molar refractivity (Wildman–Crippen MR) is 125 cm³/mol. The number of hydrogen-bond donors (Lipinski definition) is 1. The molecule has 2 aromatic rings. The molecular formula is C25H30ClN2O4+. The minimum absolute atomic E-state index is 0.103. The lowest BCUT2D eigenvalue weighted by molar-refractivity contribution is -0.792. The van der Waals surface area contributed by atoms with Gasteiger partial charge in [-0.2, -0.15) is 9.28 Å². The molecule has 2 atom stereocenters. The normalized spacial score (nSPS) is 20.2. The van der Waals surface area contributed by atoms with E-state index in [1.807, 2.05) is 39.0 Å². The predicted octanol–water partition coefficient (Wildman–Crippen LogP) is 5.59. The van der Waals surface area contributed by atoms with E-state index in [1.165, 1.54) is 0 Å². The fraction of sp³-hybridized carbons (Fsp3) is 0.400. The number of amides is 3. The van der Waals surface area contributed by atoms with Crippen molar-refractivity contribution in [3.8, 4) is 0 Å². The van der Waals surface area contributed by atoms with E-state index < -0.39 is 10.6 Å². The van der Waals surface area contributed by atoms with Crippen molar-refractivity contribution in [1.29, 1.82) is 0 Å². The van der Waals surface area contributed by atoms with Gasteiger partial charge in [0.1, 0.15) is 6.04 Å². The molecular weight excluding hydrogens is 428 g/mol. The highest BCUT2D eigenvalue weighted by Gasteiger charge is 2.52. The van der Waals surface area contributed by atoms with Gasteiger partial charge in [0, 0.05) is 35.7 Å². The summed E-state index contributed by atoms with van der Waals surface area (Å²) in [6, 6.07) is 12.3. The van der Waals surface area contributed by atoms with Gasteiger partial charge >= 0.3 is 12.0 Å². The largest absolute Gasteiger partial charge is 0.521 e. The number of carboxylic acid groups (broad SMARTS) is 1. The molecule has 1 aliphatic heterocycles. The van der Waals surface area contributed by atoms with E-state index in [1.54, 1.807) is 29.2 Å². The summed E-state index contributed by atoms with van der Waals surface area (Å²) in [7, 11) is 0. The zero-order valence-electron chi connectivity index (χ0n) is 18.8. The van der Waals surface area contributed by atoms with Crippen LogP contribution >= 0.6 is 11.6 Å². The average Bonchev–Trinajstić information content (AvgIpc) is 3.15. The summed E-state index contributed by atoms with van der Waals surface area (Å²) in [5.41, 5.74) is 3.24. The Morgan fingerprint density at radius 1 is 1.09 bits per heavy atom. The fourth-order valence-corrected chi connectivity index (χ4v) is 4.85. The molecule has 0 radical (unpaired) electrons. The van der Waals surface area contributed by atoms with Crippen LogP contribution in [0.25, 0.3) is 0 Å². The van der Waals surface area contributed by atoms with Gasteiger partial charge in [0.15, 0.2) is 0 Å². The maximum Gasteiger partial charge on any atom is 0.521 e. The van der Waals surface area contributed by atoms with Crippen molar-refractivity contribution >= 4 is 35.2 Å². The summed E-state index contributed by atoms with van der Waals surface area (Å²) >= 11 is 5.98. The Hall–Kier alpha value is -2.70. The molecule has 2 aromatic carbocycles. The lowest BCUT2D eigenvalue weighted by atomic mass is 10.1. The Morgan fingerprint density at radius 3 is 2.25 bits per heavy atom. The number of para-hydroxylation sites is 1. The average molecular weight is 458 g/mol. The lowest BCUT2D eigenvalue weighted by Crippen LogP contribution is -2.58. The topological polar surface area (TPSA) is 74.7 Å². The van der Waals surface area contributed by atoms with Crippen LogP contribution < -0.4 is 4.90 Å². The SMILES string of the molecule is Cc1cccc(C)c1N(CCCC(=O)[N+]1(C(=O)O)CCC[C@H]1C)C(=O)c1ccc(Cl)cc1. The smallest absolute Gasteiger partial charge is 0.435 e. The molecule has 0 aromatic heterocycles. The minimum atomic E-state index is -1.08. The Kier molecular flexibility index (Phi) is 7.36. The molecule has 0 bridgehead atoms. The van der Waals surface area contributed by atoms with E-state index in [0.29, 0.717) is 30.1 Å². The maximum absolute atomic E-state index is 13.4. The van der Waals surface area contributed by atoms with Gasteiger partial charge in [0.2, 0.25) is 0 Å². The Morgan fingerprint density at radius 2 is 1.72 bits per heavy atom. The van der Waals surface area contributed by atoms with E-state index in [-0.39, 0.29) is 24.3 Å². The highest BCUT2D eigenvalue weighted by atomic mass is 35.5. The number of hydrogen-bond acceptors (Lipinski definition) is 3. The van der Waals surface area contributed by atoms with Gasteiger partial charge in [0.25, 0.3) is 5.91 Å². The van der Waals surface area contributed by atoms with Crippen molar-refractivity contribution < 1.29 is 24.0 Å². The van der Waals surface area contributed by atoms with Crippen molar-refractivity contribution in [2.24, 2.45) is 0 Å². The van der Waals surface area contributed by atoms with Gasteiger partial charge in [-0.3, -0.25) is 4.79 Å². The molecule has 0 aliphatic carbocycles. The number of quaternary nitrogens is 1. The first kappa shape index (κ1) is 24.0. The number of carbonyl (C=O) groups is 3. The molecule has 0 saturated carbocycles. The highest BCUT2D eigenvalue weighted by Crippen LogP contribution is 2.30. The first-order valence-electron chi connectivity index (χ1n) is 11.0. The number of imide groups is 1. The van der Waals surface area contributed by atoms with E-state index >= 15 is 0 Å². The van der Waals surface area contributed by atoms with Crippen LogP contribution in [0.2, 0.25) is 5.02 Å². The van der Waals surface area contributed by atoms with E-state index in [9.17, 15) is 19.5 Å². The van der Waals surface area contributed by atoms with Gasteiger partial charge in [-0.05, 0) is 62.6 Å². The first-order valence-corrected chi connectivity index (χ1v) is 11.3. The third kappa shape index (κ3) is 4.57. The summed E-state index contributed by atoms with van der Waals surface area (Å²) in [5.74, 6) is -0.467. The first-order chi connectivity index (χ1) is 15.2. The lowest BCUT2D eigenvalue weighted by Gasteiger charge is -2.30. The van der Waals surface area contributed by atoms with Crippen LogP contribution in [-0.2, 0) is 4.79 Å². The monoisotopic (exact) mass is 457 g/mol. The standard InChI is InChI=1S/C25H29ClN2O4/c1-17-7-4-8-18(2)23(17)27(24(30)20-11-13-21(26)14-12-20)15-5-10-22(29)28(25(31)32)16-6-9-19(28)3/h4,7-8,11-14,19H,5-6,9-10,15-16H2,1-3H3/p+1/t19-,28?/m1/s1. The van der Waals surface area contributed by atoms with E-state index in [4.69, 9.17) is 11.6 Å². The second-order valence-electron chi connectivity index (χ2n) is 8.57. The number of rotatable bonds is 6. The van der Waals surface area contributed by atoms with Crippen LogP contribution in [0.1, 0.15) is 54.1 Å². The third-order valence-electron chi connectivity index (χ3n) is 6.49. The Labute approximate surface area is 194 Å². The van der Waals surface area contributed by atoms with Gasteiger partial charge in [-0.15, -0.1) is 0 Å². The molecule has 1 saturated heterocycles. The summed E-state index contributed by atoms with van der Waals surface area (Å²) in [6.07, 6.45) is 0.853. The fourth-order valence-electron chi connectivity index (χ4n) is 4.72. The molecule has 3 amide bonds. The summed E-state index contributed by atoms with van der Waals surface area (Å²) in [6.45, 7) is 6.37. The van der Waals surface area contributed by atoms with Gasteiger partial charge in [-0.25, -0.2) is 4.79 Å². The molecule has 6 nitrogen and oxygen atoms in total. The number of halogens is 1. The number of aryl methyl sites for hydroxylation is 2. The molecule has 1 aliphatic rings. The van der Waals surface area contributed by atoms with E-state index in [0.717, 1.165) is 29.7 Å². The van der Waals surface area contributed by atoms with Crippen molar-refractivity contribution in [3.63, 3.8) is 0 Å². The molecule has 3 rings (SSSR count). The molecule has 7 heteroatoms. The van der Waals surface area contributed by atoms with Crippen molar-refractivity contribution in [1.82, 2.24) is 0 Å². The quantitative estimate of drug-likeness (QED) is 0.574. The van der Waals surface area contributed by atoms with Crippen molar-refractivity contribution in [2.75, 3.05) is 18.0 Å². The maximum atomic E-state index is 13.4. The molecule has 170 valence electrons. The Balaban J connectivity index is 1.83. The second kappa shape index (κ2) is 9.84. The minimum Gasteiger partial charge on any atom is -0.435 e. The van der Waals surface area contributed by atoms with Crippen molar-refractivity contribution in [2.45, 2.75) is 52.5 Å². The number of nitrogens with zero attached hydrogens (tertiary/aromatic N) is 2. The summed E-state index contributed by atoms with van der Waals surface area (Å²) in [4.78, 5) is 40.1. The van der Waals surface area contributed by atoms with Crippen LogP contribution in [0.4, 0.5) is 10.5 Å². The Bertz CT molecular complexity index is 1000. The molecule has 1 N–H and O–H groups in total. The molecule has 32 heavy (non-hydrogen) atoms. The van der Waals surface area contributed by atoms with Crippen LogP contribution in [0, 0.1) is 13.8 Å². The van der Waals surface area contributed by atoms with E-state index in [2.05, 4.69) is 0 Å². The van der Waals surface area contributed by atoms with Crippen LogP contribution in [0.3, 0.4) is 0 Å². The van der Waals surface area contributed by atoms with Crippen LogP contribution in [-0.4, -0.2) is 46.6 Å². The zero-order chi connectivity index (χ0) is 23.5. The summed E-state index contributed by atoms with van der Waals surface area (Å²) < 4.78 is -0.505. The van der Waals surface area contributed by atoms with Crippen molar-refractivity contribution in [3.05, 3.63) is 64.2 Å². The highest BCUT2D eigenvalue weighted by molar-refractivity contribution is 6.30. The van der Waals surface area contributed by atoms with Crippen LogP contribution in [0.5, 0.6) is 0 Å². The zero-order valence-corrected chi connectivity index (χ0v) is 19.6. The second-order valence-corrected chi connectivity index (χ2v) is 9.00. The van der Waals surface area contributed by atoms with Crippen LogP contribution in [0.15, 0.2) is 42.5 Å². The number of benzene rings is 2. The third-order valence-corrected chi connectivity index (χ3v) is 6.74. The van der Waals surface area contributed by atoms with Gasteiger partial charge in [-0.1, -0.05) is 29.8 Å².